The highest BCUT2D eigenvalue weighted by Gasteiger charge is 2.11. The van der Waals surface area contributed by atoms with Crippen molar-refractivity contribution in [2.45, 2.75) is 6.54 Å². The van der Waals surface area contributed by atoms with Gasteiger partial charge in [0, 0.05) is 32.7 Å². The van der Waals surface area contributed by atoms with Crippen molar-refractivity contribution in [1.29, 1.82) is 0 Å². The van der Waals surface area contributed by atoms with E-state index in [1.54, 1.807) is 6.07 Å². The maximum atomic E-state index is 11.6. The first-order valence-corrected chi connectivity index (χ1v) is 6.98. The quantitative estimate of drug-likeness (QED) is 0.619. The van der Waals surface area contributed by atoms with Gasteiger partial charge >= 0.3 is 5.97 Å². The van der Waals surface area contributed by atoms with Gasteiger partial charge in [-0.1, -0.05) is 18.2 Å². The molecule has 1 aromatic rings. The van der Waals surface area contributed by atoms with Gasteiger partial charge in [0.25, 0.3) is 0 Å². The van der Waals surface area contributed by atoms with Gasteiger partial charge in [-0.05, 0) is 11.6 Å². The number of esters is 1. The van der Waals surface area contributed by atoms with Crippen LogP contribution >= 0.6 is 0 Å². The first kappa shape index (κ1) is 15.0. The van der Waals surface area contributed by atoms with Crippen LogP contribution in [-0.4, -0.2) is 57.4 Å². The molecule has 0 amide bonds. The Kier molecular flexibility index (Phi) is 5.98. The Hall–Kier alpha value is -1.43. The van der Waals surface area contributed by atoms with Gasteiger partial charge in [0.1, 0.15) is 0 Å². The number of hydrogen-bond acceptors (Lipinski definition) is 5. The van der Waals surface area contributed by atoms with Gasteiger partial charge in [-0.3, -0.25) is 4.90 Å². The van der Waals surface area contributed by atoms with E-state index in [1.165, 1.54) is 7.11 Å². The number of nitrogens with zero attached hydrogens (tertiary/aromatic N) is 1. The summed E-state index contributed by atoms with van der Waals surface area (Å²) in [6, 6.07) is 7.54. The van der Waals surface area contributed by atoms with Gasteiger partial charge in [-0.2, -0.15) is 0 Å². The zero-order valence-electron chi connectivity index (χ0n) is 11.9. The Balaban J connectivity index is 1.77. The molecule has 0 radical (unpaired) electrons. The van der Waals surface area contributed by atoms with Gasteiger partial charge in [0.15, 0.2) is 0 Å². The first-order chi connectivity index (χ1) is 9.81. The Morgan fingerprint density at radius 1 is 1.35 bits per heavy atom. The van der Waals surface area contributed by atoms with Crippen LogP contribution in [0.3, 0.4) is 0 Å². The first-order valence-electron chi connectivity index (χ1n) is 6.98. The van der Waals surface area contributed by atoms with E-state index in [2.05, 4.69) is 10.2 Å². The van der Waals surface area contributed by atoms with E-state index >= 15 is 0 Å². The van der Waals surface area contributed by atoms with Crippen molar-refractivity contribution in [3.8, 4) is 0 Å². The number of carbonyl (C=O) groups excluding carboxylic acids is 1. The molecule has 0 aliphatic carbocycles. The summed E-state index contributed by atoms with van der Waals surface area (Å²) in [6.07, 6.45) is 0. The Morgan fingerprint density at radius 3 is 2.85 bits per heavy atom. The molecule has 0 spiro atoms. The Labute approximate surface area is 119 Å². The van der Waals surface area contributed by atoms with Crippen molar-refractivity contribution < 1.29 is 14.3 Å². The molecule has 0 atom stereocenters. The molecule has 110 valence electrons. The minimum atomic E-state index is -0.282. The van der Waals surface area contributed by atoms with Crippen molar-refractivity contribution in [2.75, 3.05) is 46.5 Å². The third kappa shape index (κ3) is 4.30. The number of ether oxygens (including phenoxy) is 2. The molecule has 1 fully saturated rings. The second-order valence-electron chi connectivity index (χ2n) is 4.78. The lowest BCUT2D eigenvalue weighted by molar-refractivity contribution is 0.0384. The zero-order valence-corrected chi connectivity index (χ0v) is 11.9. The van der Waals surface area contributed by atoms with E-state index in [4.69, 9.17) is 9.47 Å². The van der Waals surface area contributed by atoms with Crippen LogP contribution < -0.4 is 5.32 Å². The molecule has 1 N–H and O–H groups in total. The van der Waals surface area contributed by atoms with Gasteiger partial charge in [0.2, 0.25) is 0 Å². The lowest BCUT2D eigenvalue weighted by Crippen LogP contribution is -2.40. The molecule has 1 aliphatic heterocycles. The Bertz CT molecular complexity index is 431. The van der Waals surface area contributed by atoms with E-state index < -0.39 is 0 Å². The van der Waals surface area contributed by atoms with E-state index in [9.17, 15) is 4.79 Å². The van der Waals surface area contributed by atoms with Crippen molar-refractivity contribution >= 4 is 5.97 Å². The van der Waals surface area contributed by atoms with Crippen LogP contribution in [0.15, 0.2) is 24.3 Å². The van der Waals surface area contributed by atoms with E-state index in [0.717, 1.165) is 45.0 Å². The topological polar surface area (TPSA) is 50.8 Å². The van der Waals surface area contributed by atoms with E-state index in [0.29, 0.717) is 12.1 Å². The molecule has 0 aromatic heterocycles. The van der Waals surface area contributed by atoms with E-state index in [-0.39, 0.29) is 5.97 Å². The number of carbonyl (C=O) groups is 1. The van der Waals surface area contributed by atoms with Gasteiger partial charge < -0.3 is 14.8 Å². The molecule has 2 rings (SSSR count). The highest BCUT2D eigenvalue weighted by molar-refractivity contribution is 5.90. The van der Waals surface area contributed by atoms with Crippen LogP contribution in [0.25, 0.3) is 0 Å². The molecule has 0 saturated carbocycles. The predicted molar refractivity (Wildman–Crippen MR) is 76.7 cm³/mol. The summed E-state index contributed by atoms with van der Waals surface area (Å²) in [5, 5.41) is 3.38. The molecule has 20 heavy (non-hydrogen) atoms. The largest absolute Gasteiger partial charge is 0.465 e. The summed E-state index contributed by atoms with van der Waals surface area (Å²) < 4.78 is 10.1. The molecule has 0 bridgehead atoms. The predicted octanol–water partition coefficient (Wildman–Crippen LogP) is 0.895. The minimum Gasteiger partial charge on any atom is -0.465 e. The third-order valence-electron chi connectivity index (χ3n) is 3.45. The number of hydrogen-bond donors (Lipinski definition) is 1. The average Bonchev–Trinajstić information content (AvgIpc) is 2.52. The fourth-order valence-corrected chi connectivity index (χ4v) is 2.27. The van der Waals surface area contributed by atoms with E-state index in [1.807, 2.05) is 18.2 Å². The molecule has 1 aliphatic rings. The van der Waals surface area contributed by atoms with Gasteiger partial charge in [-0.15, -0.1) is 0 Å². The van der Waals surface area contributed by atoms with Crippen LogP contribution in [-0.2, 0) is 16.0 Å². The highest BCUT2D eigenvalue weighted by atomic mass is 16.5. The summed E-state index contributed by atoms with van der Waals surface area (Å²) >= 11 is 0. The van der Waals surface area contributed by atoms with Crippen molar-refractivity contribution in [3.63, 3.8) is 0 Å². The monoisotopic (exact) mass is 278 g/mol. The molecule has 1 aromatic carbocycles. The maximum Gasteiger partial charge on any atom is 0.338 e. The molecular formula is C15H22N2O3. The molecular weight excluding hydrogens is 256 g/mol. The smallest absolute Gasteiger partial charge is 0.338 e. The summed E-state index contributed by atoms with van der Waals surface area (Å²) in [6.45, 7) is 6.23. The molecule has 1 heterocycles. The van der Waals surface area contributed by atoms with Gasteiger partial charge in [-0.25, -0.2) is 4.79 Å². The summed E-state index contributed by atoms with van der Waals surface area (Å²) in [7, 11) is 1.41. The van der Waals surface area contributed by atoms with Crippen LogP contribution in [0.4, 0.5) is 0 Å². The normalized spacial score (nSPS) is 16.1. The zero-order chi connectivity index (χ0) is 14.2. The highest BCUT2D eigenvalue weighted by Crippen LogP contribution is 2.09. The second kappa shape index (κ2) is 7.99. The van der Waals surface area contributed by atoms with Crippen LogP contribution in [0.2, 0.25) is 0 Å². The number of benzene rings is 1. The van der Waals surface area contributed by atoms with Crippen molar-refractivity contribution in [2.24, 2.45) is 0 Å². The fourth-order valence-electron chi connectivity index (χ4n) is 2.27. The summed E-state index contributed by atoms with van der Waals surface area (Å²) in [5.74, 6) is -0.282. The summed E-state index contributed by atoms with van der Waals surface area (Å²) in [5.41, 5.74) is 1.61. The fraction of sp³-hybridized carbons (Fsp3) is 0.533. The molecule has 0 unspecified atom stereocenters. The number of rotatable bonds is 6. The number of nitrogens with one attached hydrogen (secondary N) is 1. The molecule has 5 nitrogen and oxygen atoms in total. The number of morpholine rings is 1. The van der Waals surface area contributed by atoms with Crippen molar-refractivity contribution in [1.82, 2.24) is 10.2 Å². The maximum absolute atomic E-state index is 11.6. The lowest BCUT2D eigenvalue weighted by Gasteiger charge is -2.26. The van der Waals surface area contributed by atoms with Crippen LogP contribution in [0.5, 0.6) is 0 Å². The standard InChI is InChI=1S/C15H22N2O3/c1-19-15(18)14-5-3-2-4-13(14)12-16-6-7-17-8-10-20-11-9-17/h2-5,16H,6-12H2,1H3. The lowest BCUT2D eigenvalue weighted by atomic mass is 10.1. The molecule has 5 heteroatoms. The SMILES string of the molecule is COC(=O)c1ccccc1CNCCN1CCOCC1. The number of methoxy groups -OCH3 is 1. The molecule has 1 saturated heterocycles. The minimum absolute atomic E-state index is 0.282. The van der Waals surface area contributed by atoms with Crippen molar-refractivity contribution in [3.05, 3.63) is 35.4 Å². The van der Waals surface area contributed by atoms with Crippen LogP contribution in [0, 0.1) is 0 Å². The van der Waals surface area contributed by atoms with Crippen LogP contribution in [0.1, 0.15) is 15.9 Å². The second-order valence-corrected chi connectivity index (χ2v) is 4.78. The third-order valence-corrected chi connectivity index (χ3v) is 3.45. The summed E-state index contributed by atoms with van der Waals surface area (Å²) in [4.78, 5) is 14.0. The Morgan fingerprint density at radius 2 is 2.10 bits per heavy atom. The van der Waals surface area contributed by atoms with Gasteiger partial charge in [0.05, 0.1) is 25.9 Å². The average molecular weight is 278 g/mol.